The van der Waals surface area contributed by atoms with E-state index in [2.05, 4.69) is 4.98 Å². The first-order valence-electron chi connectivity index (χ1n) is 10.2. The highest BCUT2D eigenvalue weighted by molar-refractivity contribution is 7.99. The summed E-state index contributed by atoms with van der Waals surface area (Å²) in [7, 11) is 0. The third kappa shape index (κ3) is 6.42. The summed E-state index contributed by atoms with van der Waals surface area (Å²) in [5.74, 6) is 1.06. The summed E-state index contributed by atoms with van der Waals surface area (Å²) >= 11 is 1.36. The third-order valence-electron chi connectivity index (χ3n) is 4.61. The van der Waals surface area contributed by atoms with Gasteiger partial charge in [-0.05, 0) is 68.1 Å². The van der Waals surface area contributed by atoms with Crippen LogP contribution in [0.1, 0.15) is 31.9 Å². The molecule has 0 saturated heterocycles. The van der Waals surface area contributed by atoms with Crippen LogP contribution < -0.4 is 10.3 Å². The predicted octanol–water partition coefficient (Wildman–Crippen LogP) is 4.42. The van der Waals surface area contributed by atoms with Crippen molar-refractivity contribution in [2.75, 3.05) is 12.4 Å². The summed E-state index contributed by atoms with van der Waals surface area (Å²) in [6.07, 6.45) is 4.62. The summed E-state index contributed by atoms with van der Waals surface area (Å²) in [5, 5.41) is 10.3. The molecule has 0 aliphatic heterocycles. The maximum atomic E-state index is 13.3. The first-order valence-corrected chi connectivity index (χ1v) is 11.2. The lowest BCUT2D eigenvalue weighted by Crippen LogP contribution is -2.28. The topological polar surface area (TPSA) is 64.4 Å². The van der Waals surface area contributed by atoms with Crippen molar-refractivity contribution in [3.05, 3.63) is 82.2 Å². The minimum atomic E-state index is -0.927. The number of thioether (sulfide) groups is 1. The van der Waals surface area contributed by atoms with Gasteiger partial charge in [0.2, 0.25) is 0 Å². The maximum Gasteiger partial charge on any atom is 0.287 e. The van der Waals surface area contributed by atoms with E-state index in [0.717, 1.165) is 23.2 Å². The summed E-state index contributed by atoms with van der Waals surface area (Å²) in [6.45, 7) is 5.58. The van der Waals surface area contributed by atoms with Gasteiger partial charge in [-0.1, -0.05) is 19.1 Å². The van der Waals surface area contributed by atoms with Crippen LogP contribution in [-0.4, -0.2) is 32.6 Å². The molecule has 1 heterocycles. The molecule has 1 aromatic heterocycles. The van der Waals surface area contributed by atoms with Gasteiger partial charge in [-0.15, -0.1) is 11.8 Å². The Balaban J connectivity index is 1.76. The van der Waals surface area contributed by atoms with E-state index in [1.165, 1.54) is 23.9 Å². The highest BCUT2D eigenvalue weighted by Gasteiger charge is 2.15. The van der Waals surface area contributed by atoms with Crippen molar-refractivity contribution in [2.24, 2.45) is 0 Å². The quantitative estimate of drug-likeness (QED) is 0.497. The Labute approximate surface area is 185 Å². The number of aliphatic hydroxyl groups is 1. The van der Waals surface area contributed by atoms with Gasteiger partial charge in [0, 0.05) is 23.8 Å². The van der Waals surface area contributed by atoms with Gasteiger partial charge >= 0.3 is 0 Å². The summed E-state index contributed by atoms with van der Waals surface area (Å²) < 4.78 is 20.7. The standard InChI is InChI=1S/C24H27FN2O3S/c1-4-18-15-20(8-9-21(18)30-16-24(2,3)29)27-12-11-26-22(23(27)28)31-13-10-17-6-5-7-19(25)14-17/h5-9,11-12,14-15,29H,4,10,13,16H2,1-3H3. The fourth-order valence-electron chi connectivity index (χ4n) is 3.04. The Morgan fingerprint density at radius 2 is 2.03 bits per heavy atom. The molecule has 0 aliphatic carbocycles. The van der Waals surface area contributed by atoms with Crippen molar-refractivity contribution >= 4 is 11.8 Å². The number of benzene rings is 2. The molecule has 164 valence electrons. The molecule has 0 aliphatic rings. The van der Waals surface area contributed by atoms with E-state index in [1.807, 2.05) is 31.2 Å². The van der Waals surface area contributed by atoms with Crippen LogP contribution in [0.2, 0.25) is 0 Å². The largest absolute Gasteiger partial charge is 0.490 e. The van der Waals surface area contributed by atoms with Crippen molar-refractivity contribution in [1.29, 1.82) is 0 Å². The Bertz CT molecular complexity index is 1090. The smallest absolute Gasteiger partial charge is 0.287 e. The van der Waals surface area contributed by atoms with E-state index < -0.39 is 5.60 Å². The van der Waals surface area contributed by atoms with E-state index >= 15 is 0 Å². The molecule has 0 saturated carbocycles. The van der Waals surface area contributed by atoms with Gasteiger partial charge in [0.05, 0.1) is 5.60 Å². The molecule has 0 unspecified atom stereocenters. The van der Waals surface area contributed by atoms with Crippen molar-refractivity contribution in [2.45, 2.75) is 44.2 Å². The normalized spacial score (nSPS) is 11.5. The molecule has 5 nitrogen and oxygen atoms in total. The Morgan fingerprint density at radius 3 is 2.74 bits per heavy atom. The van der Waals surface area contributed by atoms with E-state index in [4.69, 9.17) is 4.74 Å². The van der Waals surface area contributed by atoms with Gasteiger partial charge in [0.25, 0.3) is 5.56 Å². The number of aryl methyl sites for hydroxylation is 2. The fraction of sp³-hybridized carbons (Fsp3) is 0.333. The second-order valence-corrected chi connectivity index (χ2v) is 8.97. The molecule has 3 rings (SSSR count). The van der Waals surface area contributed by atoms with Gasteiger partial charge in [0.15, 0.2) is 5.03 Å². The molecular weight excluding hydrogens is 415 g/mol. The summed E-state index contributed by atoms with van der Waals surface area (Å²) in [5.41, 5.74) is 1.44. The van der Waals surface area contributed by atoms with Crippen molar-refractivity contribution in [3.8, 4) is 11.4 Å². The van der Waals surface area contributed by atoms with Gasteiger partial charge in [0.1, 0.15) is 18.2 Å². The van der Waals surface area contributed by atoms with Crippen LogP contribution in [-0.2, 0) is 12.8 Å². The Kier molecular flexibility index (Phi) is 7.51. The molecule has 0 spiro atoms. The third-order valence-corrected chi connectivity index (χ3v) is 5.57. The van der Waals surface area contributed by atoms with Crippen molar-refractivity contribution in [3.63, 3.8) is 0 Å². The number of aromatic nitrogens is 2. The molecular formula is C24H27FN2O3S. The number of rotatable bonds is 9. The average molecular weight is 443 g/mol. The predicted molar refractivity (Wildman–Crippen MR) is 122 cm³/mol. The first-order chi connectivity index (χ1) is 14.8. The van der Waals surface area contributed by atoms with Crippen LogP contribution >= 0.6 is 11.8 Å². The van der Waals surface area contributed by atoms with Crippen LogP contribution in [0.4, 0.5) is 4.39 Å². The SMILES string of the molecule is CCc1cc(-n2ccnc(SCCc3cccc(F)c3)c2=O)ccc1OCC(C)(C)O. The Hall–Kier alpha value is -2.64. The van der Waals surface area contributed by atoms with Crippen molar-refractivity contribution in [1.82, 2.24) is 9.55 Å². The van der Waals surface area contributed by atoms with Crippen molar-refractivity contribution < 1.29 is 14.2 Å². The molecule has 31 heavy (non-hydrogen) atoms. The molecule has 0 amide bonds. The van der Waals surface area contributed by atoms with Crippen LogP contribution in [0, 0.1) is 5.82 Å². The zero-order valence-electron chi connectivity index (χ0n) is 18.0. The lowest BCUT2D eigenvalue weighted by molar-refractivity contribution is 0.0282. The Morgan fingerprint density at radius 1 is 1.23 bits per heavy atom. The minimum Gasteiger partial charge on any atom is -0.490 e. The van der Waals surface area contributed by atoms with Crippen LogP contribution in [0.5, 0.6) is 5.75 Å². The van der Waals surface area contributed by atoms with Gasteiger partial charge in [-0.3, -0.25) is 9.36 Å². The summed E-state index contributed by atoms with van der Waals surface area (Å²) in [4.78, 5) is 17.2. The molecule has 0 atom stereocenters. The average Bonchev–Trinajstić information content (AvgIpc) is 2.73. The zero-order chi connectivity index (χ0) is 22.4. The van der Waals surface area contributed by atoms with E-state index in [9.17, 15) is 14.3 Å². The number of ether oxygens (including phenoxy) is 1. The zero-order valence-corrected chi connectivity index (χ0v) is 18.8. The van der Waals surface area contributed by atoms with E-state index in [0.29, 0.717) is 22.9 Å². The fourth-order valence-corrected chi connectivity index (χ4v) is 3.93. The molecule has 3 aromatic rings. The molecule has 0 fully saturated rings. The van der Waals surface area contributed by atoms with Gasteiger partial charge in [-0.2, -0.15) is 0 Å². The number of halogens is 1. The number of hydrogen-bond donors (Lipinski definition) is 1. The monoisotopic (exact) mass is 442 g/mol. The highest BCUT2D eigenvalue weighted by atomic mass is 32.2. The van der Waals surface area contributed by atoms with Crippen LogP contribution in [0.25, 0.3) is 5.69 Å². The lowest BCUT2D eigenvalue weighted by atomic mass is 10.1. The molecule has 7 heteroatoms. The van der Waals surface area contributed by atoms with Gasteiger partial charge < -0.3 is 9.84 Å². The maximum absolute atomic E-state index is 13.3. The van der Waals surface area contributed by atoms with E-state index in [1.54, 1.807) is 36.9 Å². The van der Waals surface area contributed by atoms with Crippen LogP contribution in [0.3, 0.4) is 0 Å². The summed E-state index contributed by atoms with van der Waals surface area (Å²) in [6, 6.07) is 12.0. The molecule has 0 radical (unpaired) electrons. The number of nitrogens with zero attached hydrogens (tertiary/aromatic N) is 2. The van der Waals surface area contributed by atoms with Crippen LogP contribution in [0.15, 0.2) is 64.7 Å². The molecule has 2 aromatic carbocycles. The second kappa shape index (κ2) is 10.1. The molecule has 1 N–H and O–H groups in total. The van der Waals surface area contributed by atoms with Gasteiger partial charge in [-0.25, -0.2) is 9.37 Å². The first kappa shape index (κ1) is 23.0. The molecule has 0 bridgehead atoms. The minimum absolute atomic E-state index is 0.181. The number of hydrogen-bond acceptors (Lipinski definition) is 5. The highest BCUT2D eigenvalue weighted by Crippen LogP contribution is 2.24. The lowest BCUT2D eigenvalue weighted by Gasteiger charge is -2.20. The van der Waals surface area contributed by atoms with E-state index in [-0.39, 0.29) is 18.0 Å². The second-order valence-electron chi connectivity index (χ2n) is 7.88.